The van der Waals surface area contributed by atoms with Gasteiger partial charge in [-0.1, -0.05) is 33.1 Å². The fourth-order valence-electron chi connectivity index (χ4n) is 2.34. The van der Waals surface area contributed by atoms with E-state index in [0.717, 1.165) is 19.3 Å². The van der Waals surface area contributed by atoms with Gasteiger partial charge in [0.15, 0.2) is 0 Å². The molecule has 0 amide bonds. The first-order valence-electron chi connectivity index (χ1n) is 6.57. The first-order valence-corrected chi connectivity index (χ1v) is 8.11. The zero-order valence-corrected chi connectivity index (χ0v) is 11.9. The van der Waals surface area contributed by atoms with E-state index in [1.165, 1.54) is 0 Å². The molecule has 0 aromatic carbocycles. The summed E-state index contributed by atoms with van der Waals surface area (Å²) in [6.45, 7) is 3.76. The first-order chi connectivity index (χ1) is 8.33. The van der Waals surface area contributed by atoms with Crippen molar-refractivity contribution >= 4 is 16.0 Å². The van der Waals surface area contributed by atoms with E-state index in [4.69, 9.17) is 5.11 Å². The molecule has 1 aliphatic carbocycles. The largest absolute Gasteiger partial charge is 0.480 e. The van der Waals surface area contributed by atoms with Gasteiger partial charge in [0.25, 0.3) is 0 Å². The maximum absolute atomic E-state index is 12.1. The highest BCUT2D eigenvalue weighted by Gasteiger charge is 2.31. The van der Waals surface area contributed by atoms with Crippen LogP contribution in [0.5, 0.6) is 0 Å². The first kappa shape index (κ1) is 15.4. The summed E-state index contributed by atoms with van der Waals surface area (Å²) < 4.78 is 26.6. The van der Waals surface area contributed by atoms with E-state index in [2.05, 4.69) is 4.72 Å². The molecule has 1 aliphatic rings. The molecule has 2 N–H and O–H groups in total. The number of nitrogens with one attached hydrogen (secondary N) is 1. The zero-order chi connectivity index (χ0) is 13.8. The van der Waals surface area contributed by atoms with Crippen molar-refractivity contribution in [2.24, 2.45) is 5.92 Å². The summed E-state index contributed by atoms with van der Waals surface area (Å²) >= 11 is 0. The number of carboxylic acid groups (broad SMARTS) is 1. The van der Waals surface area contributed by atoms with Crippen LogP contribution in [0.2, 0.25) is 0 Å². The van der Waals surface area contributed by atoms with Gasteiger partial charge in [0.2, 0.25) is 10.0 Å². The van der Waals surface area contributed by atoms with Crippen LogP contribution in [0.1, 0.15) is 52.4 Å². The van der Waals surface area contributed by atoms with Crippen molar-refractivity contribution in [3.8, 4) is 0 Å². The van der Waals surface area contributed by atoms with Gasteiger partial charge in [-0.15, -0.1) is 0 Å². The molecule has 0 radical (unpaired) electrons. The Balaban J connectivity index is 2.68. The summed E-state index contributed by atoms with van der Waals surface area (Å²) in [6.07, 6.45) is 4.50. The van der Waals surface area contributed by atoms with Crippen LogP contribution in [0.3, 0.4) is 0 Å². The van der Waals surface area contributed by atoms with Crippen molar-refractivity contribution < 1.29 is 18.3 Å². The van der Waals surface area contributed by atoms with Gasteiger partial charge in [0.05, 0.1) is 5.25 Å². The lowest BCUT2D eigenvalue weighted by Crippen LogP contribution is -2.46. The molecule has 18 heavy (non-hydrogen) atoms. The average Bonchev–Trinajstić information content (AvgIpc) is 2.28. The molecule has 1 rings (SSSR count). The second-order valence-corrected chi connectivity index (χ2v) is 7.44. The maximum Gasteiger partial charge on any atom is 0.321 e. The molecule has 0 bridgehead atoms. The summed E-state index contributed by atoms with van der Waals surface area (Å²) in [4.78, 5) is 11.1. The Hall–Kier alpha value is -0.620. The molecular formula is C12H23NO4S. The highest BCUT2D eigenvalue weighted by atomic mass is 32.2. The molecule has 1 fully saturated rings. The van der Waals surface area contributed by atoms with Crippen LogP contribution >= 0.6 is 0 Å². The number of carboxylic acids is 1. The third-order valence-corrected chi connectivity index (χ3v) is 5.26. The van der Waals surface area contributed by atoms with Crippen LogP contribution in [0.15, 0.2) is 0 Å². The van der Waals surface area contributed by atoms with Crippen LogP contribution in [-0.4, -0.2) is 30.8 Å². The van der Waals surface area contributed by atoms with Gasteiger partial charge in [-0.2, -0.15) is 0 Å². The standard InChI is InChI=1S/C12H23NO4S/c1-9(2)8-11(12(14)15)13-18(16,17)10-6-4-3-5-7-10/h9-11,13H,3-8H2,1-2H3,(H,14,15)/t11-/m0/s1. The van der Waals surface area contributed by atoms with E-state index in [1.807, 2.05) is 13.8 Å². The minimum atomic E-state index is -3.50. The average molecular weight is 277 g/mol. The Kier molecular flexibility index (Phi) is 5.59. The highest BCUT2D eigenvalue weighted by Crippen LogP contribution is 2.23. The van der Waals surface area contributed by atoms with Crippen LogP contribution in [0.25, 0.3) is 0 Å². The monoisotopic (exact) mass is 277 g/mol. The molecule has 0 aromatic rings. The minimum absolute atomic E-state index is 0.139. The van der Waals surface area contributed by atoms with E-state index >= 15 is 0 Å². The van der Waals surface area contributed by atoms with Gasteiger partial charge >= 0.3 is 5.97 Å². The summed E-state index contributed by atoms with van der Waals surface area (Å²) in [6, 6.07) is -1.00. The predicted octanol–water partition coefficient (Wildman–Crippen LogP) is 1.74. The Morgan fingerprint density at radius 1 is 1.28 bits per heavy atom. The van der Waals surface area contributed by atoms with Crippen molar-refractivity contribution in [1.82, 2.24) is 4.72 Å². The Morgan fingerprint density at radius 2 is 1.83 bits per heavy atom. The van der Waals surface area contributed by atoms with Gasteiger partial charge in [-0.25, -0.2) is 13.1 Å². The van der Waals surface area contributed by atoms with Crippen molar-refractivity contribution in [2.45, 2.75) is 63.7 Å². The smallest absolute Gasteiger partial charge is 0.321 e. The number of hydrogen-bond acceptors (Lipinski definition) is 3. The summed E-state index contributed by atoms with van der Waals surface area (Å²) in [5.41, 5.74) is 0. The zero-order valence-electron chi connectivity index (χ0n) is 11.1. The quantitative estimate of drug-likeness (QED) is 0.774. The summed E-state index contributed by atoms with van der Waals surface area (Å²) in [7, 11) is -3.50. The van der Waals surface area contributed by atoms with Crippen LogP contribution < -0.4 is 4.72 Å². The van der Waals surface area contributed by atoms with E-state index in [0.29, 0.717) is 19.3 Å². The highest BCUT2D eigenvalue weighted by molar-refractivity contribution is 7.90. The lowest BCUT2D eigenvalue weighted by atomic mass is 10.0. The third kappa shape index (κ3) is 4.57. The lowest BCUT2D eigenvalue weighted by Gasteiger charge is -2.24. The number of carbonyl (C=O) groups is 1. The van der Waals surface area contributed by atoms with Crippen LogP contribution in [-0.2, 0) is 14.8 Å². The number of aliphatic carboxylic acids is 1. The molecule has 0 aliphatic heterocycles. The van der Waals surface area contributed by atoms with Crippen LogP contribution in [0, 0.1) is 5.92 Å². The van der Waals surface area contributed by atoms with Crippen molar-refractivity contribution in [3.63, 3.8) is 0 Å². The fourth-order valence-corrected chi connectivity index (χ4v) is 4.08. The number of rotatable bonds is 6. The molecular weight excluding hydrogens is 254 g/mol. The minimum Gasteiger partial charge on any atom is -0.480 e. The van der Waals surface area contributed by atoms with E-state index < -0.39 is 27.3 Å². The second kappa shape index (κ2) is 6.52. The molecule has 1 atom stereocenters. The Morgan fingerprint density at radius 3 is 2.28 bits per heavy atom. The van der Waals surface area contributed by atoms with Crippen molar-refractivity contribution in [2.75, 3.05) is 0 Å². The maximum atomic E-state index is 12.1. The van der Waals surface area contributed by atoms with Gasteiger partial charge in [-0.05, 0) is 25.2 Å². The number of hydrogen-bond donors (Lipinski definition) is 2. The molecule has 0 unspecified atom stereocenters. The molecule has 5 nitrogen and oxygen atoms in total. The molecule has 0 aromatic heterocycles. The number of sulfonamides is 1. The normalized spacial score (nSPS) is 19.9. The predicted molar refractivity (Wildman–Crippen MR) is 69.8 cm³/mol. The molecule has 106 valence electrons. The van der Waals surface area contributed by atoms with Crippen molar-refractivity contribution in [1.29, 1.82) is 0 Å². The van der Waals surface area contributed by atoms with Gasteiger partial charge in [-0.3, -0.25) is 4.79 Å². The molecule has 0 heterocycles. The SMILES string of the molecule is CC(C)C[C@H](NS(=O)(=O)C1CCCCC1)C(=O)O. The summed E-state index contributed by atoms with van der Waals surface area (Å²) in [5, 5.41) is 8.64. The molecule has 0 spiro atoms. The summed E-state index contributed by atoms with van der Waals surface area (Å²) in [5.74, 6) is -0.955. The second-order valence-electron chi connectivity index (χ2n) is 5.44. The topological polar surface area (TPSA) is 83.5 Å². The van der Waals surface area contributed by atoms with E-state index in [9.17, 15) is 13.2 Å². The third-order valence-electron chi connectivity index (χ3n) is 3.30. The van der Waals surface area contributed by atoms with Gasteiger partial charge in [0.1, 0.15) is 6.04 Å². The molecule has 0 saturated heterocycles. The Bertz CT molecular complexity index is 372. The van der Waals surface area contributed by atoms with Crippen molar-refractivity contribution in [3.05, 3.63) is 0 Å². The molecule has 6 heteroatoms. The van der Waals surface area contributed by atoms with E-state index in [-0.39, 0.29) is 5.92 Å². The van der Waals surface area contributed by atoms with Gasteiger partial charge in [0, 0.05) is 0 Å². The fraction of sp³-hybridized carbons (Fsp3) is 0.917. The lowest BCUT2D eigenvalue weighted by molar-refractivity contribution is -0.139. The van der Waals surface area contributed by atoms with E-state index in [1.54, 1.807) is 0 Å². The molecule has 1 saturated carbocycles. The van der Waals surface area contributed by atoms with Gasteiger partial charge < -0.3 is 5.11 Å². The van der Waals surface area contributed by atoms with Crippen LogP contribution in [0.4, 0.5) is 0 Å². The Labute approximate surface area is 109 Å².